The van der Waals surface area contributed by atoms with E-state index in [0.717, 1.165) is 51.2 Å². The van der Waals surface area contributed by atoms with Crippen LogP contribution in [0.4, 0.5) is 0 Å². The Balaban J connectivity index is 1.58. The zero-order valence-electron chi connectivity index (χ0n) is 15.7. The van der Waals surface area contributed by atoms with Gasteiger partial charge in [0, 0.05) is 5.56 Å². The van der Waals surface area contributed by atoms with E-state index in [9.17, 15) is 0 Å². The van der Waals surface area contributed by atoms with E-state index in [0.29, 0.717) is 6.04 Å². The summed E-state index contributed by atoms with van der Waals surface area (Å²) in [5, 5.41) is 12.1. The number of H-pyrrole nitrogens is 2. The number of aromatic nitrogens is 6. The van der Waals surface area contributed by atoms with Crippen LogP contribution in [-0.2, 0) is 0 Å². The number of ether oxygens (including phenoxy) is 1. The maximum atomic E-state index is 5.25. The fraction of sp³-hybridized carbons (Fsp3) is 0.350. The molecule has 2 N–H and O–H groups in total. The molecule has 138 valence electrons. The summed E-state index contributed by atoms with van der Waals surface area (Å²) in [7, 11) is 1.67. The third-order valence-corrected chi connectivity index (χ3v) is 5.48. The highest BCUT2D eigenvalue weighted by molar-refractivity contribution is 5.83. The predicted molar refractivity (Wildman–Crippen MR) is 104 cm³/mol. The summed E-state index contributed by atoms with van der Waals surface area (Å²) in [5.41, 5.74) is 5.81. The number of aromatic amines is 2. The average molecular weight is 362 g/mol. The van der Waals surface area contributed by atoms with E-state index < -0.39 is 0 Å². The minimum Gasteiger partial charge on any atom is -0.497 e. The van der Waals surface area contributed by atoms with E-state index in [-0.39, 0.29) is 0 Å². The summed E-state index contributed by atoms with van der Waals surface area (Å²) in [4.78, 5) is 8.34. The van der Waals surface area contributed by atoms with Gasteiger partial charge >= 0.3 is 0 Å². The van der Waals surface area contributed by atoms with Crippen molar-refractivity contribution in [1.29, 1.82) is 0 Å². The van der Waals surface area contributed by atoms with Gasteiger partial charge in [0.05, 0.1) is 36.3 Å². The Bertz CT molecular complexity index is 1100. The minimum absolute atomic E-state index is 0.378. The van der Waals surface area contributed by atoms with Gasteiger partial charge < -0.3 is 9.72 Å². The number of benzene rings is 1. The van der Waals surface area contributed by atoms with Gasteiger partial charge in [-0.1, -0.05) is 0 Å². The number of nitrogens with zero attached hydrogens (tertiary/aromatic N) is 4. The molecule has 0 amide bonds. The first-order valence-corrected chi connectivity index (χ1v) is 9.28. The quantitative estimate of drug-likeness (QED) is 0.560. The molecule has 1 aliphatic carbocycles. The molecule has 1 fully saturated rings. The summed E-state index contributed by atoms with van der Waals surface area (Å²) < 4.78 is 7.33. The zero-order valence-corrected chi connectivity index (χ0v) is 15.7. The topological polar surface area (TPSA) is 84.4 Å². The Hall–Kier alpha value is -3.09. The molecule has 1 saturated carbocycles. The number of methoxy groups -OCH3 is 1. The van der Waals surface area contributed by atoms with Crippen LogP contribution in [0.5, 0.6) is 5.75 Å². The smallest absolute Gasteiger partial charge is 0.177 e. The Morgan fingerprint density at radius 2 is 2.00 bits per heavy atom. The summed E-state index contributed by atoms with van der Waals surface area (Å²) in [6, 6.07) is 8.29. The highest BCUT2D eigenvalue weighted by Gasteiger charge is 2.31. The molecular formula is C20H22N6O. The van der Waals surface area contributed by atoms with Gasteiger partial charge in [0.15, 0.2) is 5.65 Å². The van der Waals surface area contributed by atoms with Crippen LogP contribution in [0.1, 0.15) is 31.5 Å². The summed E-state index contributed by atoms with van der Waals surface area (Å²) in [5.74, 6) is 2.35. The second kappa shape index (κ2) is 5.97. The molecule has 0 spiro atoms. The van der Waals surface area contributed by atoms with Crippen molar-refractivity contribution in [2.24, 2.45) is 5.92 Å². The molecule has 7 nitrogen and oxygen atoms in total. The molecule has 5 rings (SSSR count). The lowest BCUT2D eigenvalue weighted by Gasteiger charge is -2.10. The second-order valence-corrected chi connectivity index (χ2v) is 7.28. The average Bonchev–Trinajstić information content (AvgIpc) is 3.13. The first-order chi connectivity index (χ1) is 13.2. The van der Waals surface area contributed by atoms with Crippen LogP contribution in [0.25, 0.3) is 33.8 Å². The van der Waals surface area contributed by atoms with E-state index in [4.69, 9.17) is 14.8 Å². The van der Waals surface area contributed by atoms with Crippen LogP contribution < -0.4 is 4.74 Å². The first-order valence-electron chi connectivity index (χ1n) is 9.28. The normalized spacial score (nSPS) is 15.4. The molecule has 1 atom stereocenters. The largest absolute Gasteiger partial charge is 0.497 e. The number of fused-ring (bicyclic) bond motifs is 1. The van der Waals surface area contributed by atoms with Crippen molar-refractivity contribution in [3.8, 4) is 28.4 Å². The van der Waals surface area contributed by atoms with Crippen LogP contribution in [0.15, 0.2) is 30.5 Å². The third-order valence-electron chi connectivity index (χ3n) is 5.48. The van der Waals surface area contributed by atoms with Gasteiger partial charge in [0.1, 0.15) is 17.1 Å². The fourth-order valence-corrected chi connectivity index (χ4v) is 3.67. The van der Waals surface area contributed by atoms with Crippen LogP contribution in [0.2, 0.25) is 0 Å². The predicted octanol–water partition coefficient (Wildman–Crippen LogP) is 4.10. The summed E-state index contributed by atoms with van der Waals surface area (Å²) >= 11 is 0. The molecule has 0 saturated heterocycles. The zero-order chi connectivity index (χ0) is 18.5. The SMILES string of the molecule is COc1ccc(-c2[nH]ncc2-c2nc3c([nH]2)c(C)nn3[C@@H](C)C2CC2)cc1. The molecule has 1 aromatic carbocycles. The van der Waals surface area contributed by atoms with Gasteiger partial charge in [-0.3, -0.25) is 5.10 Å². The highest BCUT2D eigenvalue weighted by atomic mass is 16.5. The molecular weight excluding hydrogens is 340 g/mol. The van der Waals surface area contributed by atoms with Crippen molar-refractivity contribution in [3.63, 3.8) is 0 Å². The van der Waals surface area contributed by atoms with E-state index in [1.54, 1.807) is 7.11 Å². The van der Waals surface area contributed by atoms with Gasteiger partial charge in [0.2, 0.25) is 0 Å². The first kappa shape index (κ1) is 16.1. The standard InChI is InChI=1S/C20H22N6O/c1-11-17-20(26(25-11)12(2)13-4-5-13)23-19(22-17)16-10-21-24-18(16)14-6-8-15(27-3)9-7-14/h6-10,12-13H,4-5H2,1-3H3,(H,21,24)(H,22,23)/t12-/m0/s1. The van der Waals surface area contributed by atoms with E-state index in [1.807, 2.05) is 37.4 Å². The van der Waals surface area contributed by atoms with Gasteiger partial charge in [-0.15, -0.1) is 0 Å². The number of nitrogens with one attached hydrogen (secondary N) is 2. The molecule has 0 radical (unpaired) electrons. The van der Waals surface area contributed by atoms with Crippen molar-refractivity contribution >= 4 is 11.2 Å². The van der Waals surface area contributed by atoms with Crippen LogP contribution in [-0.4, -0.2) is 37.1 Å². The van der Waals surface area contributed by atoms with Crippen molar-refractivity contribution in [1.82, 2.24) is 29.9 Å². The number of aryl methyl sites for hydroxylation is 1. The Kier molecular flexibility index (Phi) is 3.56. The number of hydrogen-bond acceptors (Lipinski definition) is 4. The maximum Gasteiger partial charge on any atom is 0.177 e. The second-order valence-electron chi connectivity index (χ2n) is 7.28. The molecule has 3 heterocycles. The lowest BCUT2D eigenvalue weighted by atomic mass is 10.1. The number of hydrogen-bond donors (Lipinski definition) is 2. The molecule has 0 aliphatic heterocycles. The number of imidazole rings is 1. The Morgan fingerprint density at radius 1 is 1.22 bits per heavy atom. The molecule has 0 unspecified atom stereocenters. The minimum atomic E-state index is 0.378. The summed E-state index contributed by atoms with van der Waals surface area (Å²) in [6.07, 6.45) is 4.37. The van der Waals surface area contributed by atoms with Crippen LogP contribution in [0, 0.1) is 12.8 Å². The van der Waals surface area contributed by atoms with Gasteiger partial charge in [0.25, 0.3) is 0 Å². The van der Waals surface area contributed by atoms with E-state index in [2.05, 4.69) is 26.8 Å². The van der Waals surface area contributed by atoms with E-state index in [1.165, 1.54) is 12.8 Å². The molecule has 7 heteroatoms. The lowest BCUT2D eigenvalue weighted by Crippen LogP contribution is -2.09. The van der Waals surface area contributed by atoms with Crippen LogP contribution >= 0.6 is 0 Å². The van der Waals surface area contributed by atoms with Gasteiger partial charge in [-0.05, 0) is 56.9 Å². The van der Waals surface area contributed by atoms with Gasteiger partial charge in [-0.2, -0.15) is 10.2 Å². The van der Waals surface area contributed by atoms with Crippen molar-refractivity contribution < 1.29 is 4.74 Å². The molecule has 3 aromatic heterocycles. The molecule has 1 aliphatic rings. The Morgan fingerprint density at radius 3 is 2.70 bits per heavy atom. The van der Waals surface area contributed by atoms with Crippen molar-refractivity contribution in [3.05, 3.63) is 36.2 Å². The maximum absolute atomic E-state index is 5.25. The van der Waals surface area contributed by atoms with E-state index >= 15 is 0 Å². The third kappa shape index (κ3) is 2.61. The van der Waals surface area contributed by atoms with Crippen LogP contribution in [0.3, 0.4) is 0 Å². The molecule has 4 aromatic rings. The monoisotopic (exact) mass is 362 g/mol. The molecule has 27 heavy (non-hydrogen) atoms. The van der Waals surface area contributed by atoms with Crippen molar-refractivity contribution in [2.45, 2.75) is 32.7 Å². The van der Waals surface area contributed by atoms with Gasteiger partial charge in [-0.25, -0.2) is 9.67 Å². The molecule has 0 bridgehead atoms. The Labute approximate surface area is 156 Å². The number of rotatable bonds is 5. The van der Waals surface area contributed by atoms with Crippen molar-refractivity contribution in [2.75, 3.05) is 7.11 Å². The lowest BCUT2D eigenvalue weighted by molar-refractivity contribution is 0.415. The fourth-order valence-electron chi connectivity index (χ4n) is 3.67. The highest BCUT2D eigenvalue weighted by Crippen LogP contribution is 2.40. The summed E-state index contributed by atoms with van der Waals surface area (Å²) in [6.45, 7) is 4.26.